The van der Waals surface area contributed by atoms with Gasteiger partial charge in [-0.1, -0.05) is 0 Å². The number of anilines is 2. The second-order valence-corrected chi connectivity index (χ2v) is 3.34. The van der Waals surface area contributed by atoms with Crippen molar-refractivity contribution in [3.8, 4) is 0 Å². The zero-order chi connectivity index (χ0) is 10.8. The zero-order valence-electron chi connectivity index (χ0n) is 8.38. The summed E-state index contributed by atoms with van der Waals surface area (Å²) in [5.41, 5.74) is 0.987. The quantitative estimate of drug-likeness (QED) is 0.681. The van der Waals surface area contributed by atoms with Crippen molar-refractivity contribution in [2.75, 3.05) is 5.32 Å². The van der Waals surface area contributed by atoms with Gasteiger partial charge in [-0.2, -0.15) is 0 Å². The van der Waals surface area contributed by atoms with E-state index in [4.69, 9.17) is 0 Å². The van der Waals surface area contributed by atoms with Crippen molar-refractivity contribution in [1.82, 2.24) is 19.9 Å². The molecule has 0 bridgehead atoms. The minimum atomic E-state index is 0.571. The first-order chi connectivity index (χ1) is 7.92. The van der Waals surface area contributed by atoms with Crippen LogP contribution in [-0.2, 0) is 0 Å². The molecule has 0 aliphatic heterocycles. The molecule has 0 saturated carbocycles. The first kappa shape index (κ1) is 8.84. The molecule has 0 saturated heterocycles. The number of pyridine rings is 1. The van der Waals surface area contributed by atoms with Crippen LogP contribution in [0.15, 0.2) is 43.0 Å². The van der Waals surface area contributed by atoms with E-state index < -0.39 is 0 Å². The molecule has 0 unspecified atom stereocenters. The van der Waals surface area contributed by atoms with E-state index in [-0.39, 0.29) is 0 Å². The van der Waals surface area contributed by atoms with E-state index in [1.54, 1.807) is 30.9 Å². The van der Waals surface area contributed by atoms with Crippen molar-refractivity contribution < 1.29 is 0 Å². The molecular formula is C11H9N5. The molecule has 5 heteroatoms. The van der Waals surface area contributed by atoms with Crippen molar-refractivity contribution in [2.45, 2.75) is 0 Å². The summed E-state index contributed by atoms with van der Waals surface area (Å²) in [6.45, 7) is 0. The minimum absolute atomic E-state index is 0.571. The molecule has 0 spiro atoms. The van der Waals surface area contributed by atoms with Gasteiger partial charge in [0.2, 0.25) is 5.95 Å². The van der Waals surface area contributed by atoms with Crippen LogP contribution in [0, 0.1) is 0 Å². The summed E-state index contributed by atoms with van der Waals surface area (Å²) in [4.78, 5) is 15.4. The SMILES string of the molecule is c1cnc(Nc2cc3ccncc3[nH]2)nc1. The number of rotatable bonds is 2. The van der Waals surface area contributed by atoms with Crippen molar-refractivity contribution in [3.05, 3.63) is 43.0 Å². The highest BCUT2D eigenvalue weighted by molar-refractivity contribution is 5.83. The molecule has 0 amide bonds. The molecule has 3 aromatic rings. The van der Waals surface area contributed by atoms with Gasteiger partial charge < -0.3 is 10.3 Å². The van der Waals surface area contributed by atoms with Crippen molar-refractivity contribution in [2.24, 2.45) is 0 Å². The van der Waals surface area contributed by atoms with Gasteiger partial charge in [0, 0.05) is 24.0 Å². The van der Waals surface area contributed by atoms with Crippen LogP contribution in [0.25, 0.3) is 10.9 Å². The first-order valence-electron chi connectivity index (χ1n) is 4.88. The largest absolute Gasteiger partial charge is 0.340 e. The fourth-order valence-corrected chi connectivity index (χ4v) is 1.52. The Morgan fingerprint density at radius 2 is 2.00 bits per heavy atom. The molecular weight excluding hydrogens is 202 g/mol. The number of H-pyrrole nitrogens is 1. The van der Waals surface area contributed by atoms with Crippen LogP contribution in [0.2, 0.25) is 0 Å². The lowest BCUT2D eigenvalue weighted by Gasteiger charge is -1.99. The molecule has 3 aromatic heterocycles. The maximum atomic E-state index is 4.09. The topological polar surface area (TPSA) is 66.5 Å². The van der Waals surface area contributed by atoms with E-state index in [0.29, 0.717) is 5.95 Å². The fraction of sp³-hybridized carbons (Fsp3) is 0. The standard InChI is InChI=1S/C11H9N5/c1-3-13-11(14-4-1)16-10-6-8-2-5-12-7-9(8)15-10/h1-7,15H,(H,13,14,16). The number of aromatic amines is 1. The van der Waals surface area contributed by atoms with Gasteiger partial charge in [-0.05, 0) is 18.2 Å². The lowest BCUT2D eigenvalue weighted by Crippen LogP contribution is -1.95. The lowest BCUT2D eigenvalue weighted by atomic mass is 10.3. The molecule has 0 aliphatic rings. The third-order valence-electron chi connectivity index (χ3n) is 2.24. The van der Waals surface area contributed by atoms with Gasteiger partial charge in [0.1, 0.15) is 5.82 Å². The van der Waals surface area contributed by atoms with E-state index >= 15 is 0 Å². The summed E-state index contributed by atoms with van der Waals surface area (Å²) in [6.07, 6.45) is 6.93. The summed E-state index contributed by atoms with van der Waals surface area (Å²) in [6, 6.07) is 5.72. The maximum absolute atomic E-state index is 4.09. The Balaban J connectivity index is 1.95. The normalized spacial score (nSPS) is 10.5. The van der Waals surface area contributed by atoms with E-state index in [9.17, 15) is 0 Å². The number of fused-ring (bicyclic) bond motifs is 1. The van der Waals surface area contributed by atoms with Gasteiger partial charge >= 0.3 is 0 Å². The fourth-order valence-electron chi connectivity index (χ4n) is 1.52. The highest BCUT2D eigenvalue weighted by Gasteiger charge is 2.01. The van der Waals surface area contributed by atoms with Crippen LogP contribution >= 0.6 is 0 Å². The number of nitrogens with zero attached hydrogens (tertiary/aromatic N) is 3. The molecule has 0 aliphatic carbocycles. The van der Waals surface area contributed by atoms with Gasteiger partial charge in [0.05, 0.1) is 11.7 Å². The Morgan fingerprint density at radius 1 is 1.12 bits per heavy atom. The monoisotopic (exact) mass is 211 g/mol. The van der Waals surface area contributed by atoms with Crippen LogP contribution in [0.3, 0.4) is 0 Å². The molecule has 2 N–H and O–H groups in total. The molecule has 0 atom stereocenters. The van der Waals surface area contributed by atoms with Gasteiger partial charge in [-0.3, -0.25) is 4.98 Å². The Labute approximate surface area is 91.6 Å². The lowest BCUT2D eigenvalue weighted by molar-refractivity contribution is 1.16. The second-order valence-electron chi connectivity index (χ2n) is 3.34. The molecule has 5 nitrogen and oxygen atoms in total. The molecule has 0 radical (unpaired) electrons. The molecule has 16 heavy (non-hydrogen) atoms. The number of nitrogens with one attached hydrogen (secondary N) is 2. The molecule has 3 heterocycles. The van der Waals surface area contributed by atoms with Crippen LogP contribution in [0.1, 0.15) is 0 Å². The summed E-state index contributed by atoms with van der Waals surface area (Å²) in [7, 11) is 0. The molecule has 3 rings (SSSR count). The van der Waals surface area contributed by atoms with Crippen LogP contribution in [-0.4, -0.2) is 19.9 Å². The van der Waals surface area contributed by atoms with Gasteiger partial charge in [0.15, 0.2) is 0 Å². The number of aromatic nitrogens is 4. The van der Waals surface area contributed by atoms with Crippen molar-refractivity contribution in [3.63, 3.8) is 0 Å². The van der Waals surface area contributed by atoms with Gasteiger partial charge in [-0.25, -0.2) is 9.97 Å². The minimum Gasteiger partial charge on any atom is -0.340 e. The van der Waals surface area contributed by atoms with Gasteiger partial charge in [0.25, 0.3) is 0 Å². The second kappa shape index (κ2) is 3.62. The number of hydrogen-bond acceptors (Lipinski definition) is 4. The molecule has 78 valence electrons. The van der Waals surface area contributed by atoms with E-state index in [1.165, 1.54) is 0 Å². The average Bonchev–Trinajstić information content (AvgIpc) is 2.72. The summed E-state index contributed by atoms with van der Waals surface area (Å²) >= 11 is 0. The van der Waals surface area contributed by atoms with E-state index in [0.717, 1.165) is 16.7 Å². The predicted molar refractivity (Wildman–Crippen MR) is 61.4 cm³/mol. The van der Waals surface area contributed by atoms with Crippen LogP contribution < -0.4 is 5.32 Å². The van der Waals surface area contributed by atoms with Gasteiger partial charge in [-0.15, -0.1) is 0 Å². The Bertz CT molecular complexity index is 569. The first-order valence-corrected chi connectivity index (χ1v) is 4.88. The van der Waals surface area contributed by atoms with Crippen LogP contribution in [0.4, 0.5) is 11.8 Å². The molecule has 0 aromatic carbocycles. The smallest absolute Gasteiger partial charge is 0.228 e. The predicted octanol–water partition coefficient (Wildman–Crippen LogP) is 2.10. The number of hydrogen-bond donors (Lipinski definition) is 2. The van der Waals surface area contributed by atoms with E-state index in [2.05, 4.69) is 25.3 Å². The van der Waals surface area contributed by atoms with Crippen molar-refractivity contribution in [1.29, 1.82) is 0 Å². The zero-order valence-corrected chi connectivity index (χ0v) is 8.38. The average molecular weight is 211 g/mol. The maximum Gasteiger partial charge on any atom is 0.228 e. The Hall–Kier alpha value is -2.43. The van der Waals surface area contributed by atoms with E-state index in [1.807, 2.05) is 12.1 Å². The van der Waals surface area contributed by atoms with Crippen molar-refractivity contribution >= 4 is 22.7 Å². The summed E-state index contributed by atoms with van der Waals surface area (Å²) in [5, 5.41) is 4.19. The Kier molecular flexibility index (Phi) is 2.00. The third kappa shape index (κ3) is 1.58. The highest BCUT2D eigenvalue weighted by atomic mass is 15.1. The highest BCUT2D eigenvalue weighted by Crippen LogP contribution is 2.18. The Morgan fingerprint density at radius 3 is 2.81 bits per heavy atom. The summed E-state index contributed by atoms with van der Waals surface area (Å²) < 4.78 is 0. The molecule has 0 fully saturated rings. The third-order valence-corrected chi connectivity index (χ3v) is 2.24. The summed E-state index contributed by atoms with van der Waals surface area (Å²) in [5.74, 6) is 1.43. The van der Waals surface area contributed by atoms with Crippen LogP contribution in [0.5, 0.6) is 0 Å².